The van der Waals surface area contributed by atoms with Crippen LogP contribution in [-0.2, 0) is 0 Å². The molecule has 7 heteroatoms. The molecule has 26 heavy (non-hydrogen) atoms. The summed E-state index contributed by atoms with van der Waals surface area (Å²) in [6, 6.07) is 13.9. The van der Waals surface area contributed by atoms with Gasteiger partial charge in [-0.3, -0.25) is 5.10 Å². The van der Waals surface area contributed by atoms with E-state index >= 15 is 0 Å². The van der Waals surface area contributed by atoms with E-state index in [1.54, 1.807) is 11.3 Å². The van der Waals surface area contributed by atoms with Crippen molar-refractivity contribution >= 4 is 11.3 Å². The Bertz CT molecular complexity index is 1010. The fourth-order valence-corrected chi connectivity index (χ4v) is 3.96. The molecule has 2 aromatic heterocycles. The molecule has 0 saturated carbocycles. The number of aromatic nitrogens is 2. The lowest BCUT2D eigenvalue weighted by atomic mass is 9.87. The molecule has 1 aliphatic heterocycles. The van der Waals surface area contributed by atoms with Crippen LogP contribution in [0.15, 0.2) is 53.2 Å². The maximum atomic E-state index is 9.66. The molecule has 0 aliphatic carbocycles. The molecule has 4 rings (SSSR count). The number of nitrogens with zero attached hydrogens (tertiary/aromatic N) is 2. The van der Waals surface area contributed by atoms with Crippen LogP contribution in [0.25, 0.3) is 11.3 Å². The van der Waals surface area contributed by atoms with Crippen molar-refractivity contribution in [3.05, 3.63) is 63.7 Å². The van der Waals surface area contributed by atoms with E-state index in [2.05, 4.69) is 16.3 Å². The van der Waals surface area contributed by atoms with Crippen LogP contribution in [0.5, 0.6) is 11.6 Å². The minimum Gasteiger partial charge on any atom is -0.494 e. The second-order valence-electron chi connectivity index (χ2n) is 5.72. The second-order valence-corrected chi connectivity index (χ2v) is 6.70. The fourth-order valence-electron chi connectivity index (χ4n) is 3.11. The molecular formula is C19H16N4O2S. The Labute approximate surface area is 154 Å². The molecule has 0 bridgehead atoms. The van der Waals surface area contributed by atoms with Gasteiger partial charge in [0, 0.05) is 10.4 Å². The third-order valence-electron chi connectivity index (χ3n) is 4.20. The molecule has 3 heterocycles. The summed E-state index contributed by atoms with van der Waals surface area (Å²) in [6.07, 6.45) is 0. The molecular weight excluding hydrogens is 348 g/mol. The quantitative estimate of drug-likeness (QED) is 0.735. The Morgan fingerprint density at radius 2 is 2.27 bits per heavy atom. The van der Waals surface area contributed by atoms with E-state index < -0.39 is 0 Å². The molecule has 1 aromatic carbocycles. The Morgan fingerprint density at radius 3 is 3.00 bits per heavy atom. The van der Waals surface area contributed by atoms with E-state index in [1.165, 1.54) is 0 Å². The molecule has 1 atom stereocenters. The predicted molar refractivity (Wildman–Crippen MR) is 98.8 cm³/mol. The third-order valence-corrected chi connectivity index (χ3v) is 5.14. The van der Waals surface area contributed by atoms with Gasteiger partial charge in [-0.25, -0.2) is 0 Å². The molecule has 0 saturated heterocycles. The Hall–Kier alpha value is -3.24. The molecule has 3 N–H and O–H groups in total. The van der Waals surface area contributed by atoms with Crippen LogP contribution in [0.3, 0.4) is 0 Å². The van der Waals surface area contributed by atoms with E-state index in [4.69, 9.17) is 15.2 Å². The Kier molecular flexibility index (Phi) is 4.11. The summed E-state index contributed by atoms with van der Waals surface area (Å²) < 4.78 is 11.2. The average molecular weight is 364 g/mol. The normalized spacial score (nSPS) is 15.9. The lowest BCUT2D eigenvalue weighted by Crippen LogP contribution is -2.20. The average Bonchev–Trinajstić information content (AvgIpc) is 3.31. The first-order valence-electron chi connectivity index (χ1n) is 8.15. The lowest BCUT2D eigenvalue weighted by Gasteiger charge is -2.22. The van der Waals surface area contributed by atoms with Crippen molar-refractivity contribution in [1.82, 2.24) is 10.2 Å². The fraction of sp³-hybridized carbons (Fsp3) is 0.158. The van der Waals surface area contributed by atoms with Crippen molar-refractivity contribution in [2.75, 3.05) is 6.61 Å². The van der Waals surface area contributed by atoms with E-state index in [1.807, 2.05) is 48.7 Å². The van der Waals surface area contributed by atoms with Gasteiger partial charge >= 0.3 is 0 Å². The number of thiophene rings is 1. The van der Waals surface area contributed by atoms with Gasteiger partial charge < -0.3 is 15.2 Å². The van der Waals surface area contributed by atoms with Crippen molar-refractivity contribution in [3.8, 4) is 29.0 Å². The summed E-state index contributed by atoms with van der Waals surface area (Å²) in [7, 11) is 0. The van der Waals surface area contributed by atoms with Crippen LogP contribution in [0.1, 0.15) is 23.3 Å². The first-order valence-corrected chi connectivity index (χ1v) is 9.03. The zero-order valence-electron chi connectivity index (χ0n) is 14.0. The largest absolute Gasteiger partial charge is 0.494 e. The number of allylic oxidation sites excluding steroid dienone is 1. The van der Waals surface area contributed by atoms with Crippen molar-refractivity contribution in [2.24, 2.45) is 5.73 Å². The molecule has 0 amide bonds. The Balaban J connectivity index is 1.89. The zero-order valence-corrected chi connectivity index (χ0v) is 14.8. The number of nitrogens with two attached hydrogens (primary N) is 1. The summed E-state index contributed by atoms with van der Waals surface area (Å²) in [4.78, 5) is 1.01. The van der Waals surface area contributed by atoms with Gasteiger partial charge in [-0.2, -0.15) is 5.26 Å². The van der Waals surface area contributed by atoms with Crippen LogP contribution >= 0.6 is 11.3 Å². The van der Waals surface area contributed by atoms with Gasteiger partial charge in [0.25, 0.3) is 0 Å². The van der Waals surface area contributed by atoms with Gasteiger partial charge in [0.15, 0.2) is 0 Å². The monoisotopic (exact) mass is 364 g/mol. The highest BCUT2D eigenvalue weighted by atomic mass is 32.1. The number of hydrogen-bond acceptors (Lipinski definition) is 6. The summed E-state index contributed by atoms with van der Waals surface area (Å²) >= 11 is 1.57. The van der Waals surface area contributed by atoms with Crippen molar-refractivity contribution in [1.29, 1.82) is 5.26 Å². The van der Waals surface area contributed by atoms with Crippen LogP contribution in [0.2, 0.25) is 0 Å². The number of nitrogens with one attached hydrogen (secondary N) is 1. The molecule has 0 spiro atoms. The number of nitriles is 1. The van der Waals surface area contributed by atoms with Gasteiger partial charge in [0.2, 0.25) is 11.8 Å². The van der Waals surface area contributed by atoms with Gasteiger partial charge in [0.05, 0.1) is 23.8 Å². The first kappa shape index (κ1) is 16.2. The third kappa shape index (κ3) is 2.61. The highest BCUT2D eigenvalue weighted by molar-refractivity contribution is 7.10. The number of benzene rings is 1. The van der Waals surface area contributed by atoms with Crippen molar-refractivity contribution in [3.63, 3.8) is 0 Å². The summed E-state index contributed by atoms with van der Waals surface area (Å²) in [6.45, 7) is 2.53. The van der Waals surface area contributed by atoms with Crippen molar-refractivity contribution < 1.29 is 9.47 Å². The van der Waals surface area contributed by atoms with Gasteiger partial charge in [-0.05, 0) is 30.5 Å². The summed E-state index contributed by atoms with van der Waals surface area (Å²) in [5, 5.41) is 19.0. The number of hydrogen-bond donors (Lipinski definition) is 2. The highest BCUT2D eigenvalue weighted by Gasteiger charge is 2.36. The number of fused-ring (bicyclic) bond motifs is 1. The van der Waals surface area contributed by atoms with E-state index in [0.29, 0.717) is 18.1 Å². The Morgan fingerprint density at radius 1 is 1.38 bits per heavy atom. The first-order chi connectivity index (χ1) is 12.7. The lowest BCUT2D eigenvalue weighted by molar-refractivity contribution is 0.340. The minimum absolute atomic E-state index is 0.0968. The molecule has 1 aliphatic rings. The molecule has 1 unspecified atom stereocenters. The minimum atomic E-state index is -0.312. The molecule has 130 valence electrons. The molecule has 0 radical (unpaired) electrons. The second kappa shape index (κ2) is 6.58. The number of ether oxygens (including phenoxy) is 2. The SMILES string of the molecule is CCOc1cccc(-c2[nH]nc3c2C(c2cccs2)C(C#N)=C(N)O3)c1. The topological polar surface area (TPSA) is 97.0 Å². The van der Waals surface area contributed by atoms with Crippen LogP contribution in [0.4, 0.5) is 0 Å². The van der Waals surface area contributed by atoms with Crippen molar-refractivity contribution in [2.45, 2.75) is 12.8 Å². The number of rotatable bonds is 4. The standard InChI is InChI=1S/C19H16N4O2S/c1-2-24-12-6-3-5-11(9-12)17-16-15(14-7-4-8-26-14)13(10-20)18(21)25-19(16)23-22-17/h3-9,15H,2,21H2,1H3,(H,22,23). The maximum absolute atomic E-state index is 9.66. The molecule has 3 aromatic rings. The van der Waals surface area contributed by atoms with Crippen LogP contribution < -0.4 is 15.2 Å². The van der Waals surface area contributed by atoms with Crippen LogP contribution in [-0.4, -0.2) is 16.8 Å². The maximum Gasteiger partial charge on any atom is 0.244 e. The molecule has 0 fully saturated rings. The van der Waals surface area contributed by atoms with Crippen LogP contribution in [0, 0.1) is 11.3 Å². The molecule has 6 nitrogen and oxygen atoms in total. The van der Waals surface area contributed by atoms with Gasteiger partial charge in [0.1, 0.15) is 17.4 Å². The van der Waals surface area contributed by atoms with E-state index in [9.17, 15) is 5.26 Å². The van der Waals surface area contributed by atoms with Gasteiger partial charge in [-0.1, -0.05) is 18.2 Å². The number of aromatic amines is 1. The van der Waals surface area contributed by atoms with Gasteiger partial charge in [-0.15, -0.1) is 16.4 Å². The predicted octanol–water partition coefficient (Wildman–Crippen LogP) is 3.76. The van der Waals surface area contributed by atoms with E-state index in [0.717, 1.165) is 27.4 Å². The van der Waals surface area contributed by atoms with E-state index in [-0.39, 0.29) is 11.8 Å². The summed E-state index contributed by atoms with van der Waals surface area (Å²) in [5.41, 5.74) is 8.88. The summed E-state index contributed by atoms with van der Waals surface area (Å²) in [5.74, 6) is 0.956. The highest BCUT2D eigenvalue weighted by Crippen LogP contribution is 2.46. The number of H-pyrrole nitrogens is 1. The smallest absolute Gasteiger partial charge is 0.244 e. The zero-order chi connectivity index (χ0) is 18.1.